The molecule has 120 valence electrons. The van der Waals surface area contributed by atoms with E-state index in [0.717, 1.165) is 12.5 Å². The average Bonchev–Trinajstić information content (AvgIpc) is 3.27. The van der Waals surface area contributed by atoms with Crippen molar-refractivity contribution in [1.29, 1.82) is 0 Å². The molecular weight excluding hydrogens is 275 g/mol. The fraction of sp³-hybridized carbons (Fsp3) is 0.684. The lowest BCUT2D eigenvalue weighted by atomic mass is 9.84. The van der Waals surface area contributed by atoms with Gasteiger partial charge in [0.05, 0.1) is 0 Å². The molecule has 0 amide bonds. The molecule has 0 radical (unpaired) electrons. The molecule has 22 heavy (non-hydrogen) atoms. The molecule has 1 aromatic carbocycles. The Bertz CT molecular complexity index is 501. The number of nitrogens with zero attached hydrogens (tertiary/aromatic N) is 2. The minimum atomic E-state index is -0.136. The van der Waals surface area contributed by atoms with Crippen molar-refractivity contribution in [2.24, 2.45) is 5.92 Å². The maximum Gasteiger partial charge on any atom is 0.123 e. The van der Waals surface area contributed by atoms with Crippen molar-refractivity contribution in [1.82, 2.24) is 9.80 Å². The Labute approximate surface area is 133 Å². The zero-order valence-electron chi connectivity index (χ0n) is 13.4. The Morgan fingerprint density at radius 1 is 1.00 bits per heavy atom. The fourth-order valence-electron chi connectivity index (χ4n) is 4.43. The highest BCUT2D eigenvalue weighted by Gasteiger charge is 2.44. The first-order chi connectivity index (χ1) is 10.7. The third-order valence-corrected chi connectivity index (χ3v) is 6.02. The molecule has 1 saturated carbocycles. The van der Waals surface area contributed by atoms with Gasteiger partial charge in [0.1, 0.15) is 5.82 Å². The maximum atomic E-state index is 13.0. The first kappa shape index (κ1) is 14.6. The Kier molecular flexibility index (Phi) is 3.95. The van der Waals surface area contributed by atoms with E-state index in [1.54, 1.807) is 12.1 Å². The van der Waals surface area contributed by atoms with E-state index in [4.69, 9.17) is 0 Å². The van der Waals surface area contributed by atoms with E-state index in [1.807, 2.05) is 12.1 Å². The number of likely N-dealkylation sites (tertiary alicyclic amines) is 2. The molecule has 2 saturated heterocycles. The maximum absolute atomic E-state index is 13.0. The number of hydrogen-bond donors (Lipinski definition) is 0. The van der Waals surface area contributed by atoms with E-state index in [0.29, 0.717) is 5.54 Å². The largest absolute Gasteiger partial charge is 0.299 e. The van der Waals surface area contributed by atoms with Gasteiger partial charge in [-0.3, -0.25) is 9.80 Å². The fourth-order valence-corrected chi connectivity index (χ4v) is 4.43. The van der Waals surface area contributed by atoms with Gasteiger partial charge in [-0.15, -0.1) is 0 Å². The van der Waals surface area contributed by atoms with E-state index in [1.165, 1.54) is 70.3 Å². The molecule has 0 atom stereocenters. The van der Waals surface area contributed by atoms with Gasteiger partial charge >= 0.3 is 0 Å². The average molecular weight is 302 g/mol. The number of benzene rings is 1. The van der Waals surface area contributed by atoms with Crippen molar-refractivity contribution in [3.05, 3.63) is 35.6 Å². The SMILES string of the molecule is Fc1ccc(CN2CCC3(CCCN3CC3CC3)CC2)cc1. The highest BCUT2D eigenvalue weighted by Crippen LogP contribution is 2.41. The molecule has 3 aliphatic rings. The summed E-state index contributed by atoms with van der Waals surface area (Å²) in [5, 5.41) is 0. The molecule has 0 N–H and O–H groups in total. The summed E-state index contributed by atoms with van der Waals surface area (Å²) < 4.78 is 13.0. The first-order valence-electron chi connectivity index (χ1n) is 8.95. The van der Waals surface area contributed by atoms with Crippen LogP contribution in [0, 0.1) is 11.7 Å². The van der Waals surface area contributed by atoms with Crippen LogP contribution < -0.4 is 0 Å². The summed E-state index contributed by atoms with van der Waals surface area (Å²) in [4.78, 5) is 5.38. The van der Waals surface area contributed by atoms with Crippen molar-refractivity contribution in [2.45, 2.75) is 50.6 Å². The van der Waals surface area contributed by atoms with E-state index >= 15 is 0 Å². The monoisotopic (exact) mass is 302 g/mol. The molecule has 0 aromatic heterocycles. The summed E-state index contributed by atoms with van der Waals surface area (Å²) in [5.74, 6) is 0.871. The topological polar surface area (TPSA) is 6.48 Å². The molecule has 1 aromatic rings. The summed E-state index contributed by atoms with van der Waals surface area (Å²) in [6.45, 7) is 6.04. The van der Waals surface area contributed by atoms with Crippen LogP contribution in [0.5, 0.6) is 0 Å². The first-order valence-corrected chi connectivity index (χ1v) is 8.95. The minimum absolute atomic E-state index is 0.136. The summed E-state index contributed by atoms with van der Waals surface area (Å²) in [7, 11) is 0. The van der Waals surface area contributed by atoms with Crippen molar-refractivity contribution in [3.8, 4) is 0 Å². The lowest BCUT2D eigenvalue weighted by molar-refractivity contribution is 0.0471. The third-order valence-electron chi connectivity index (χ3n) is 6.02. The molecule has 1 aliphatic carbocycles. The van der Waals surface area contributed by atoms with E-state index in [-0.39, 0.29) is 5.82 Å². The van der Waals surface area contributed by atoms with Crippen LogP contribution in [0.25, 0.3) is 0 Å². The normalized spacial score (nSPS) is 25.9. The Hall–Kier alpha value is -0.930. The van der Waals surface area contributed by atoms with Gasteiger partial charge in [-0.25, -0.2) is 4.39 Å². The van der Waals surface area contributed by atoms with Crippen molar-refractivity contribution < 1.29 is 4.39 Å². The highest BCUT2D eigenvalue weighted by molar-refractivity contribution is 5.16. The number of rotatable bonds is 4. The standard InChI is InChI=1S/C19H27FN2/c20-18-6-4-16(5-7-18)14-21-12-9-19(10-13-21)8-1-11-22(19)15-17-2-3-17/h4-7,17H,1-3,8-15H2. The van der Waals surface area contributed by atoms with Crippen LogP contribution in [-0.4, -0.2) is 41.5 Å². The number of halogens is 1. The second kappa shape index (κ2) is 5.93. The summed E-state index contributed by atoms with van der Waals surface area (Å²) >= 11 is 0. The van der Waals surface area contributed by atoms with Crippen LogP contribution in [0.15, 0.2) is 24.3 Å². The van der Waals surface area contributed by atoms with Gasteiger partial charge in [-0.2, -0.15) is 0 Å². The molecule has 3 fully saturated rings. The molecular formula is C19H27FN2. The predicted octanol–water partition coefficient (Wildman–Crippen LogP) is 3.67. The van der Waals surface area contributed by atoms with Gasteiger partial charge in [-0.05, 0) is 68.7 Å². The smallest absolute Gasteiger partial charge is 0.123 e. The molecule has 0 bridgehead atoms. The lowest BCUT2D eigenvalue weighted by Gasteiger charge is -2.45. The van der Waals surface area contributed by atoms with Crippen molar-refractivity contribution >= 4 is 0 Å². The highest BCUT2D eigenvalue weighted by atomic mass is 19.1. The van der Waals surface area contributed by atoms with Gasteiger partial charge in [0.2, 0.25) is 0 Å². The van der Waals surface area contributed by atoms with Gasteiger partial charge in [-0.1, -0.05) is 12.1 Å². The van der Waals surface area contributed by atoms with Gasteiger partial charge < -0.3 is 0 Å². The molecule has 2 heterocycles. The Balaban J connectivity index is 1.34. The van der Waals surface area contributed by atoms with Crippen molar-refractivity contribution in [2.75, 3.05) is 26.2 Å². The summed E-state index contributed by atoms with van der Waals surface area (Å²) in [6.07, 6.45) is 8.36. The van der Waals surface area contributed by atoms with Crippen LogP contribution in [-0.2, 0) is 6.54 Å². The molecule has 0 unspecified atom stereocenters. The van der Waals surface area contributed by atoms with Crippen LogP contribution in [0.2, 0.25) is 0 Å². The van der Waals surface area contributed by atoms with Crippen LogP contribution in [0.1, 0.15) is 44.1 Å². The second-order valence-corrected chi connectivity index (χ2v) is 7.62. The van der Waals surface area contributed by atoms with Crippen LogP contribution in [0.4, 0.5) is 4.39 Å². The van der Waals surface area contributed by atoms with Crippen LogP contribution in [0.3, 0.4) is 0 Å². The summed E-state index contributed by atoms with van der Waals surface area (Å²) in [5.41, 5.74) is 1.75. The molecule has 4 rings (SSSR count). The third kappa shape index (κ3) is 3.07. The van der Waals surface area contributed by atoms with E-state index in [2.05, 4.69) is 9.80 Å². The van der Waals surface area contributed by atoms with E-state index in [9.17, 15) is 4.39 Å². The molecule has 3 heteroatoms. The minimum Gasteiger partial charge on any atom is -0.299 e. The zero-order valence-corrected chi connectivity index (χ0v) is 13.4. The number of piperidine rings is 1. The van der Waals surface area contributed by atoms with E-state index < -0.39 is 0 Å². The summed E-state index contributed by atoms with van der Waals surface area (Å²) in [6, 6.07) is 7.01. The molecule has 1 spiro atoms. The van der Waals surface area contributed by atoms with Gasteiger partial charge in [0.15, 0.2) is 0 Å². The number of hydrogen-bond acceptors (Lipinski definition) is 2. The van der Waals surface area contributed by atoms with Gasteiger partial charge in [0, 0.05) is 31.7 Å². The van der Waals surface area contributed by atoms with Gasteiger partial charge in [0.25, 0.3) is 0 Å². The predicted molar refractivity (Wildman–Crippen MR) is 87.2 cm³/mol. The zero-order chi connectivity index (χ0) is 15.0. The Morgan fingerprint density at radius 2 is 1.73 bits per heavy atom. The second-order valence-electron chi connectivity index (χ2n) is 7.62. The molecule has 2 nitrogen and oxygen atoms in total. The lowest BCUT2D eigenvalue weighted by Crippen LogP contribution is -2.52. The molecule has 2 aliphatic heterocycles. The van der Waals surface area contributed by atoms with Crippen molar-refractivity contribution in [3.63, 3.8) is 0 Å². The Morgan fingerprint density at radius 3 is 2.41 bits per heavy atom. The van der Waals surface area contributed by atoms with Crippen LogP contribution >= 0.6 is 0 Å². The quantitative estimate of drug-likeness (QED) is 0.837.